The van der Waals surface area contributed by atoms with Gasteiger partial charge in [-0.2, -0.15) is 0 Å². The molecule has 1 aromatic heterocycles. The van der Waals surface area contributed by atoms with E-state index in [-0.39, 0.29) is 0 Å². The Morgan fingerprint density at radius 1 is 1.42 bits per heavy atom. The molecule has 0 aliphatic heterocycles. The van der Waals surface area contributed by atoms with E-state index in [4.69, 9.17) is 4.74 Å². The van der Waals surface area contributed by atoms with Gasteiger partial charge in [-0.15, -0.1) is 0 Å². The molecule has 1 aliphatic rings. The lowest BCUT2D eigenvalue weighted by atomic mass is 10.2. The van der Waals surface area contributed by atoms with Crippen molar-refractivity contribution in [2.24, 2.45) is 0 Å². The zero-order valence-electron chi connectivity index (χ0n) is 12.1. The van der Waals surface area contributed by atoms with Gasteiger partial charge in [0.2, 0.25) is 5.95 Å². The molecule has 108 valence electrons. The van der Waals surface area contributed by atoms with Crippen LogP contribution in [0.3, 0.4) is 0 Å². The Morgan fingerprint density at radius 3 is 2.95 bits per heavy atom. The van der Waals surface area contributed by atoms with Gasteiger partial charge in [0.05, 0.1) is 6.61 Å². The molecule has 1 fully saturated rings. The van der Waals surface area contributed by atoms with E-state index in [9.17, 15) is 0 Å². The van der Waals surface area contributed by atoms with E-state index in [0.717, 1.165) is 32.2 Å². The number of likely N-dealkylation sites (N-methyl/N-ethyl adjacent to an activating group) is 1. The first kappa shape index (κ1) is 14.3. The van der Waals surface area contributed by atoms with Gasteiger partial charge in [-0.1, -0.05) is 12.8 Å². The number of methoxy groups -OCH3 is 1. The Balaban J connectivity index is 1.75. The summed E-state index contributed by atoms with van der Waals surface area (Å²) in [6.07, 6.45) is 9.28. The second-order valence-corrected chi connectivity index (χ2v) is 5.32. The summed E-state index contributed by atoms with van der Waals surface area (Å²) in [5.41, 5.74) is 0. The molecule has 0 amide bonds. The number of hydrogen-bond donors (Lipinski definition) is 1. The number of rotatable bonds is 8. The Hall–Kier alpha value is -1.07. The van der Waals surface area contributed by atoms with Gasteiger partial charge in [-0.05, 0) is 19.9 Å². The predicted octanol–water partition coefficient (Wildman–Crippen LogP) is 1.99. The average Bonchev–Trinajstić information content (AvgIpc) is 3.06. The Labute approximate surface area is 116 Å². The molecule has 1 aromatic rings. The van der Waals surface area contributed by atoms with Gasteiger partial charge >= 0.3 is 0 Å². The molecule has 1 N–H and O–H groups in total. The summed E-state index contributed by atoms with van der Waals surface area (Å²) in [6.45, 7) is 3.67. The summed E-state index contributed by atoms with van der Waals surface area (Å²) >= 11 is 0. The van der Waals surface area contributed by atoms with Crippen LogP contribution in [0.25, 0.3) is 0 Å². The van der Waals surface area contributed by atoms with Crippen LogP contribution in [0.2, 0.25) is 0 Å². The number of ether oxygens (including phenoxy) is 1. The summed E-state index contributed by atoms with van der Waals surface area (Å²) in [4.78, 5) is 6.69. The smallest absolute Gasteiger partial charge is 0.203 e. The van der Waals surface area contributed by atoms with Crippen molar-refractivity contribution in [3.63, 3.8) is 0 Å². The minimum atomic E-state index is 0.649. The van der Waals surface area contributed by atoms with Crippen LogP contribution >= 0.6 is 0 Å². The molecule has 1 saturated carbocycles. The van der Waals surface area contributed by atoms with Gasteiger partial charge in [-0.3, -0.25) is 0 Å². The van der Waals surface area contributed by atoms with Crippen molar-refractivity contribution in [1.29, 1.82) is 0 Å². The van der Waals surface area contributed by atoms with Crippen LogP contribution in [0.4, 0.5) is 5.95 Å². The van der Waals surface area contributed by atoms with Gasteiger partial charge in [0, 0.05) is 45.2 Å². The third kappa shape index (κ3) is 4.21. The van der Waals surface area contributed by atoms with Crippen molar-refractivity contribution < 1.29 is 4.74 Å². The maximum atomic E-state index is 5.07. The zero-order valence-corrected chi connectivity index (χ0v) is 12.1. The summed E-state index contributed by atoms with van der Waals surface area (Å²) < 4.78 is 7.38. The van der Waals surface area contributed by atoms with E-state index in [1.165, 1.54) is 25.7 Å². The van der Waals surface area contributed by atoms with Crippen molar-refractivity contribution in [2.75, 3.05) is 45.7 Å². The first-order valence-corrected chi connectivity index (χ1v) is 7.25. The maximum Gasteiger partial charge on any atom is 0.203 e. The van der Waals surface area contributed by atoms with Crippen molar-refractivity contribution in [3.05, 3.63) is 12.4 Å². The van der Waals surface area contributed by atoms with Gasteiger partial charge in [0.25, 0.3) is 0 Å². The van der Waals surface area contributed by atoms with Crippen LogP contribution in [-0.4, -0.2) is 54.8 Å². The number of anilines is 1. The highest BCUT2D eigenvalue weighted by molar-refractivity contribution is 5.26. The van der Waals surface area contributed by atoms with Crippen LogP contribution < -0.4 is 5.32 Å². The lowest BCUT2D eigenvalue weighted by Crippen LogP contribution is -2.28. The largest absolute Gasteiger partial charge is 0.383 e. The summed E-state index contributed by atoms with van der Waals surface area (Å²) in [5, 5.41) is 3.45. The highest BCUT2D eigenvalue weighted by atomic mass is 16.5. The van der Waals surface area contributed by atoms with Gasteiger partial charge < -0.3 is 19.5 Å². The maximum absolute atomic E-state index is 5.07. The minimum Gasteiger partial charge on any atom is -0.383 e. The van der Waals surface area contributed by atoms with Crippen LogP contribution in [0, 0.1) is 0 Å². The molecule has 1 aliphatic carbocycles. The van der Waals surface area contributed by atoms with Crippen LogP contribution in [0.1, 0.15) is 31.7 Å². The Morgan fingerprint density at radius 2 is 2.21 bits per heavy atom. The SMILES string of the molecule is COCCN(C)CCNc1nccn1C1CCCC1. The predicted molar refractivity (Wildman–Crippen MR) is 77.6 cm³/mol. The average molecular weight is 266 g/mol. The standard InChI is InChI=1S/C14H26N4O/c1-17(11-12-19-2)9-7-15-14-16-8-10-18(14)13-5-3-4-6-13/h8,10,13H,3-7,9,11-12H2,1-2H3,(H,15,16). The number of hydrogen-bond acceptors (Lipinski definition) is 4. The molecule has 2 rings (SSSR count). The fourth-order valence-corrected chi connectivity index (χ4v) is 2.64. The Kier molecular flexibility index (Phi) is 5.66. The van der Waals surface area contributed by atoms with Crippen molar-refractivity contribution >= 4 is 5.95 Å². The molecular weight excluding hydrogens is 240 g/mol. The molecule has 0 aromatic carbocycles. The lowest BCUT2D eigenvalue weighted by Gasteiger charge is -2.18. The highest BCUT2D eigenvalue weighted by Gasteiger charge is 2.18. The van der Waals surface area contributed by atoms with E-state index in [2.05, 4.69) is 33.0 Å². The van der Waals surface area contributed by atoms with Gasteiger partial charge in [0.1, 0.15) is 0 Å². The van der Waals surface area contributed by atoms with Crippen molar-refractivity contribution in [2.45, 2.75) is 31.7 Å². The second-order valence-electron chi connectivity index (χ2n) is 5.32. The van der Waals surface area contributed by atoms with E-state index in [0.29, 0.717) is 6.04 Å². The minimum absolute atomic E-state index is 0.649. The summed E-state index contributed by atoms with van der Waals surface area (Å²) in [5.74, 6) is 1.02. The lowest BCUT2D eigenvalue weighted by molar-refractivity contribution is 0.163. The first-order valence-electron chi connectivity index (χ1n) is 7.25. The number of imidazole rings is 1. The number of nitrogens with zero attached hydrogens (tertiary/aromatic N) is 3. The summed E-state index contributed by atoms with van der Waals surface area (Å²) in [7, 11) is 3.86. The molecule has 0 unspecified atom stereocenters. The number of nitrogens with one attached hydrogen (secondary N) is 1. The van der Waals surface area contributed by atoms with Crippen molar-refractivity contribution in [1.82, 2.24) is 14.5 Å². The van der Waals surface area contributed by atoms with Crippen LogP contribution in [0.15, 0.2) is 12.4 Å². The van der Waals surface area contributed by atoms with Gasteiger partial charge in [0.15, 0.2) is 0 Å². The molecule has 5 heteroatoms. The van der Waals surface area contributed by atoms with Crippen LogP contribution in [0.5, 0.6) is 0 Å². The fraction of sp³-hybridized carbons (Fsp3) is 0.786. The molecule has 0 radical (unpaired) electrons. The third-order valence-corrected chi connectivity index (χ3v) is 3.84. The topological polar surface area (TPSA) is 42.3 Å². The molecule has 0 bridgehead atoms. The zero-order chi connectivity index (χ0) is 13.5. The molecular formula is C14H26N4O. The van der Waals surface area contributed by atoms with E-state index >= 15 is 0 Å². The highest BCUT2D eigenvalue weighted by Crippen LogP contribution is 2.31. The fourth-order valence-electron chi connectivity index (χ4n) is 2.64. The van der Waals surface area contributed by atoms with Gasteiger partial charge in [-0.25, -0.2) is 4.98 Å². The monoisotopic (exact) mass is 266 g/mol. The molecule has 0 atom stereocenters. The second kappa shape index (κ2) is 7.50. The van der Waals surface area contributed by atoms with Crippen LogP contribution in [-0.2, 0) is 4.74 Å². The Bertz CT molecular complexity index is 360. The molecule has 0 spiro atoms. The molecule has 1 heterocycles. The van der Waals surface area contributed by atoms with Crippen molar-refractivity contribution in [3.8, 4) is 0 Å². The molecule has 19 heavy (non-hydrogen) atoms. The number of aromatic nitrogens is 2. The van der Waals surface area contributed by atoms with E-state index < -0.39 is 0 Å². The van der Waals surface area contributed by atoms with E-state index in [1.807, 2.05) is 6.20 Å². The quantitative estimate of drug-likeness (QED) is 0.781. The van der Waals surface area contributed by atoms with E-state index in [1.54, 1.807) is 7.11 Å². The summed E-state index contributed by atoms with van der Waals surface area (Å²) in [6, 6.07) is 0.649. The third-order valence-electron chi connectivity index (χ3n) is 3.84. The molecule has 0 saturated heterocycles. The normalized spacial score (nSPS) is 16.4. The first-order chi connectivity index (χ1) is 9.31. The molecule has 5 nitrogen and oxygen atoms in total.